The summed E-state index contributed by atoms with van der Waals surface area (Å²) in [6.45, 7) is 1.18. The van der Waals surface area contributed by atoms with E-state index in [0.29, 0.717) is 31.8 Å². The van der Waals surface area contributed by atoms with Crippen LogP contribution in [-0.4, -0.2) is 45.8 Å². The van der Waals surface area contributed by atoms with Gasteiger partial charge in [-0.25, -0.2) is 9.97 Å². The van der Waals surface area contributed by atoms with Gasteiger partial charge in [-0.15, -0.1) is 11.6 Å². The predicted molar refractivity (Wildman–Crippen MR) is 72.3 cm³/mol. The summed E-state index contributed by atoms with van der Waals surface area (Å²) in [7, 11) is 0. The molecule has 0 spiro atoms. The molecule has 1 aromatic rings. The molecule has 7 heteroatoms. The first-order valence-corrected chi connectivity index (χ1v) is 6.99. The van der Waals surface area contributed by atoms with E-state index < -0.39 is 0 Å². The summed E-state index contributed by atoms with van der Waals surface area (Å²) in [5.74, 6) is 0.816. The summed E-state index contributed by atoms with van der Waals surface area (Å²) >= 11 is 5.58. The minimum Gasteiger partial charge on any atom is -0.470 e. The average molecular weight is 295 g/mol. The van der Waals surface area contributed by atoms with E-state index in [0.717, 1.165) is 6.42 Å². The number of halogens is 1. The maximum atomic E-state index is 11.9. The molecule has 6 nitrogen and oxygen atoms in total. The topological polar surface area (TPSA) is 79.1 Å². The van der Waals surface area contributed by atoms with E-state index in [1.54, 1.807) is 4.90 Å². The Balaban J connectivity index is 1.90. The number of rotatable bonds is 5. The lowest BCUT2D eigenvalue weighted by atomic mass is 10.3. The van der Waals surface area contributed by atoms with Gasteiger partial charge in [0.1, 0.15) is 12.2 Å². The molecular weight excluding hydrogens is 280 g/mol. The van der Waals surface area contributed by atoms with Gasteiger partial charge in [0.25, 0.3) is 5.88 Å². The van der Waals surface area contributed by atoms with Crippen molar-refractivity contribution in [3.8, 4) is 11.9 Å². The number of carbonyl (C=O) groups is 1. The van der Waals surface area contributed by atoms with E-state index in [4.69, 9.17) is 21.6 Å². The molecule has 0 aromatic carbocycles. The number of amides is 1. The van der Waals surface area contributed by atoms with Gasteiger partial charge in [-0.1, -0.05) is 0 Å². The fraction of sp³-hybridized carbons (Fsp3) is 0.538. The third-order valence-electron chi connectivity index (χ3n) is 3.07. The summed E-state index contributed by atoms with van der Waals surface area (Å²) in [5, 5.41) is 8.92. The molecule has 1 amide bonds. The Morgan fingerprint density at radius 1 is 1.55 bits per heavy atom. The summed E-state index contributed by atoms with van der Waals surface area (Å²) in [6.07, 6.45) is 4.67. The highest BCUT2D eigenvalue weighted by atomic mass is 35.5. The predicted octanol–water partition coefficient (Wildman–Crippen LogP) is 1.35. The van der Waals surface area contributed by atoms with Gasteiger partial charge < -0.3 is 9.64 Å². The molecule has 1 atom stereocenters. The third-order valence-corrected chi connectivity index (χ3v) is 3.34. The Hall–Kier alpha value is -1.87. The van der Waals surface area contributed by atoms with Gasteiger partial charge in [0.15, 0.2) is 0 Å². The number of hydrogen-bond acceptors (Lipinski definition) is 5. The van der Waals surface area contributed by atoms with Crippen LogP contribution in [0, 0.1) is 11.3 Å². The molecule has 0 radical (unpaired) electrons. The second-order valence-electron chi connectivity index (χ2n) is 4.48. The van der Waals surface area contributed by atoms with E-state index in [1.807, 2.05) is 6.07 Å². The fourth-order valence-corrected chi connectivity index (χ4v) is 2.21. The van der Waals surface area contributed by atoms with Crippen LogP contribution in [0.15, 0.2) is 12.4 Å². The van der Waals surface area contributed by atoms with Crippen molar-refractivity contribution in [1.29, 1.82) is 5.26 Å². The lowest BCUT2D eigenvalue weighted by molar-refractivity contribution is -0.130. The van der Waals surface area contributed by atoms with Crippen molar-refractivity contribution in [3.63, 3.8) is 0 Å². The van der Waals surface area contributed by atoms with Crippen molar-refractivity contribution in [2.75, 3.05) is 19.0 Å². The van der Waals surface area contributed by atoms with Gasteiger partial charge >= 0.3 is 0 Å². The molecule has 1 aromatic heterocycles. The summed E-state index contributed by atoms with van der Waals surface area (Å²) in [4.78, 5) is 21.5. The smallest absolute Gasteiger partial charge is 0.251 e. The van der Waals surface area contributed by atoms with E-state index in [2.05, 4.69) is 9.97 Å². The molecule has 1 saturated heterocycles. The Morgan fingerprint density at radius 2 is 2.35 bits per heavy atom. The van der Waals surface area contributed by atoms with E-state index >= 15 is 0 Å². The zero-order valence-corrected chi connectivity index (χ0v) is 11.7. The van der Waals surface area contributed by atoms with E-state index in [1.165, 1.54) is 12.4 Å². The van der Waals surface area contributed by atoms with Crippen LogP contribution in [-0.2, 0) is 4.79 Å². The zero-order valence-electron chi connectivity index (χ0n) is 11.0. The van der Waals surface area contributed by atoms with Crippen molar-refractivity contribution in [3.05, 3.63) is 18.1 Å². The first-order chi connectivity index (χ1) is 9.74. The fourth-order valence-electron chi connectivity index (χ4n) is 2.07. The lowest BCUT2D eigenvalue weighted by Crippen LogP contribution is -2.31. The minimum absolute atomic E-state index is 0.0939. The molecular formula is C13H15ClN4O2. The second kappa shape index (κ2) is 7.06. The molecule has 1 unspecified atom stereocenters. The van der Waals surface area contributed by atoms with Gasteiger partial charge in [-0.3, -0.25) is 4.79 Å². The molecule has 2 heterocycles. The number of likely N-dealkylation sites (tertiary alicyclic amines) is 1. The maximum Gasteiger partial charge on any atom is 0.251 e. The molecule has 0 bridgehead atoms. The molecule has 2 rings (SSSR count). The van der Waals surface area contributed by atoms with Crippen LogP contribution in [0.2, 0.25) is 0 Å². The number of carbonyl (C=O) groups excluding carboxylic acids is 1. The van der Waals surface area contributed by atoms with Crippen LogP contribution < -0.4 is 4.74 Å². The minimum atomic E-state index is -0.140. The van der Waals surface area contributed by atoms with Gasteiger partial charge in [-0.05, 0) is 6.42 Å². The van der Waals surface area contributed by atoms with E-state index in [9.17, 15) is 4.79 Å². The molecule has 106 valence electrons. The number of nitrogens with zero attached hydrogens (tertiary/aromatic N) is 4. The van der Waals surface area contributed by atoms with Crippen molar-refractivity contribution in [2.45, 2.75) is 25.4 Å². The van der Waals surface area contributed by atoms with Crippen molar-refractivity contribution in [2.24, 2.45) is 0 Å². The molecule has 0 saturated carbocycles. The van der Waals surface area contributed by atoms with E-state index in [-0.39, 0.29) is 23.6 Å². The Kier molecular flexibility index (Phi) is 5.13. The second-order valence-corrected chi connectivity index (χ2v) is 4.86. The van der Waals surface area contributed by atoms with Crippen LogP contribution in [0.3, 0.4) is 0 Å². The molecule has 0 aliphatic carbocycles. The Bertz CT molecular complexity index is 517. The first-order valence-electron chi connectivity index (χ1n) is 6.46. The van der Waals surface area contributed by atoms with Gasteiger partial charge in [0, 0.05) is 37.7 Å². The van der Waals surface area contributed by atoms with Crippen molar-refractivity contribution < 1.29 is 9.53 Å². The highest BCUT2D eigenvalue weighted by Crippen LogP contribution is 2.19. The molecule has 20 heavy (non-hydrogen) atoms. The summed E-state index contributed by atoms with van der Waals surface area (Å²) < 4.78 is 5.67. The lowest BCUT2D eigenvalue weighted by Gasteiger charge is -2.16. The van der Waals surface area contributed by atoms with Crippen LogP contribution in [0.4, 0.5) is 0 Å². The van der Waals surface area contributed by atoms with Crippen molar-refractivity contribution in [1.82, 2.24) is 14.9 Å². The van der Waals surface area contributed by atoms with Crippen LogP contribution >= 0.6 is 11.6 Å². The Labute approximate surface area is 122 Å². The highest BCUT2D eigenvalue weighted by Gasteiger charge is 2.28. The molecule has 1 aliphatic heterocycles. The summed E-state index contributed by atoms with van der Waals surface area (Å²) in [5.41, 5.74) is 0.166. The molecule has 1 fully saturated rings. The maximum absolute atomic E-state index is 11.9. The van der Waals surface area contributed by atoms with Crippen LogP contribution in [0.1, 0.15) is 25.0 Å². The standard InChI is InChI=1S/C13H15ClN4O2/c14-4-1-2-12(19)18-7-3-10(9-18)20-13-11(8-15)16-5-6-17-13/h5-6,10H,1-4,7,9H2. The monoisotopic (exact) mass is 294 g/mol. The quantitative estimate of drug-likeness (QED) is 0.766. The number of aromatic nitrogens is 2. The van der Waals surface area contributed by atoms with Gasteiger partial charge in [0.2, 0.25) is 11.6 Å². The number of nitriles is 1. The van der Waals surface area contributed by atoms with Gasteiger partial charge in [-0.2, -0.15) is 5.26 Å². The van der Waals surface area contributed by atoms with Crippen LogP contribution in [0.25, 0.3) is 0 Å². The normalized spacial score (nSPS) is 17.8. The molecule has 0 N–H and O–H groups in total. The summed E-state index contributed by atoms with van der Waals surface area (Å²) in [6, 6.07) is 1.94. The third kappa shape index (κ3) is 3.58. The SMILES string of the molecule is N#Cc1nccnc1OC1CCN(C(=O)CCCCl)C1. The zero-order chi connectivity index (χ0) is 14.4. The molecule has 1 aliphatic rings. The van der Waals surface area contributed by atoms with Crippen LogP contribution in [0.5, 0.6) is 5.88 Å². The highest BCUT2D eigenvalue weighted by molar-refractivity contribution is 6.17. The number of alkyl halides is 1. The number of ether oxygens (including phenoxy) is 1. The first kappa shape index (κ1) is 14.5. The largest absolute Gasteiger partial charge is 0.470 e. The number of hydrogen-bond donors (Lipinski definition) is 0. The average Bonchev–Trinajstić information content (AvgIpc) is 2.94. The Morgan fingerprint density at radius 3 is 3.10 bits per heavy atom. The van der Waals surface area contributed by atoms with Gasteiger partial charge in [0.05, 0.1) is 6.54 Å². The van der Waals surface area contributed by atoms with Crippen molar-refractivity contribution >= 4 is 17.5 Å².